The van der Waals surface area contributed by atoms with Crippen molar-refractivity contribution in [3.63, 3.8) is 0 Å². The molecular weight excluding hydrogens is 154 g/mol. The van der Waals surface area contributed by atoms with Crippen LogP contribution < -0.4 is 21.7 Å². The number of amidine groups is 1. The van der Waals surface area contributed by atoms with Gasteiger partial charge in [-0.05, 0) is 6.20 Å². The highest BCUT2D eigenvalue weighted by atomic mass is 15.2. The molecular formula is C7H13N5. The third-order valence-electron chi connectivity index (χ3n) is 1.50. The Kier molecular flexibility index (Phi) is 2.57. The second-order valence-electron chi connectivity index (χ2n) is 2.23. The first-order valence-corrected chi connectivity index (χ1v) is 3.63. The molecule has 66 valence electrons. The summed E-state index contributed by atoms with van der Waals surface area (Å²) in [6, 6.07) is 0. The van der Waals surface area contributed by atoms with Gasteiger partial charge < -0.3 is 21.7 Å². The summed E-state index contributed by atoms with van der Waals surface area (Å²) < 4.78 is 0. The van der Waals surface area contributed by atoms with Gasteiger partial charge in [-0.25, -0.2) is 4.99 Å². The van der Waals surface area contributed by atoms with Gasteiger partial charge in [0.25, 0.3) is 0 Å². The Balaban J connectivity index is 2.82. The Morgan fingerprint density at radius 3 is 3.08 bits per heavy atom. The van der Waals surface area contributed by atoms with E-state index in [1.54, 1.807) is 13.2 Å². The van der Waals surface area contributed by atoms with E-state index in [9.17, 15) is 0 Å². The first-order chi connectivity index (χ1) is 5.79. The number of nitrogens with one attached hydrogen (secondary N) is 3. The first kappa shape index (κ1) is 8.45. The zero-order valence-corrected chi connectivity index (χ0v) is 7.02. The first-order valence-electron chi connectivity index (χ1n) is 3.63. The number of rotatable bonds is 2. The van der Waals surface area contributed by atoms with Crippen LogP contribution in [0.15, 0.2) is 29.3 Å². The van der Waals surface area contributed by atoms with Crippen molar-refractivity contribution in [1.82, 2.24) is 16.0 Å². The quantitative estimate of drug-likeness (QED) is 0.427. The number of likely N-dealkylation sites (N-methyl/N-ethyl adjacent to an activating group) is 1. The van der Waals surface area contributed by atoms with Crippen LogP contribution in [-0.4, -0.2) is 19.6 Å². The lowest BCUT2D eigenvalue weighted by Crippen LogP contribution is -2.39. The summed E-state index contributed by atoms with van der Waals surface area (Å²) >= 11 is 0. The van der Waals surface area contributed by atoms with Crippen LogP contribution in [0.5, 0.6) is 0 Å². The minimum Gasteiger partial charge on any atom is -0.393 e. The summed E-state index contributed by atoms with van der Waals surface area (Å²) in [4.78, 5) is 4.10. The molecule has 0 aromatic rings. The van der Waals surface area contributed by atoms with Crippen molar-refractivity contribution in [3.05, 3.63) is 24.3 Å². The van der Waals surface area contributed by atoms with Crippen molar-refractivity contribution in [2.75, 3.05) is 13.7 Å². The van der Waals surface area contributed by atoms with Gasteiger partial charge in [0.2, 0.25) is 0 Å². The van der Waals surface area contributed by atoms with Crippen LogP contribution >= 0.6 is 0 Å². The van der Waals surface area contributed by atoms with Crippen molar-refractivity contribution in [2.24, 2.45) is 10.7 Å². The van der Waals surface area contributed by atoms with Gasteiger partial charge in [0.1, 0.15) is 24.0 Å². The SMILES string of the molecule is C=CNC1=C(N)C(NC)=NCN1. The third-order valence-corrected chi connectivity index (χ3v) is 1.50. The number of nitrogens with two attached hydrogens (primary N) is 1. The minimum absolute atomic E-state index is 0.521. The van der Waals surface area contributed by atoms with Crippen LogP contribution in [-0.2, 0) is 0 Å². The lowest BCUT2D eigenvalue weighted by Gasteiger charge is -2.18. The van der Waals surface area contributed by atoms with Crippen molar-refractivity contribution in [2.45, 2.75) is 0 Å². The average molecular weight is 167 g/mol. The Labute approximate surface area is 71.4 Å². The fraction of sp³-hybridized carbons (Fsp3) is 0.286. The molecule has 0 bridgehead atoms. The van der Waals surface area contributed by atoms with E-state index in [1.807, 2.05) is 0 Å². The van der Waals surface area contributed by atoms with E-state index in [0.717, 1.165) is 5.82 Å². The minimum atomic E-state index is 0.521. The molecule has 1 heterocycles. The second-order valence-corrected chi connectivity index (χ2v) is 2.23. The molecule has 5 nitrogen and oxygen atoms in total. The monoisotopic (exact) mass is 167 g/mol. The largest absolute Gasteiger partial charge is 0.393 e. The van der Waals surface area contributed by atoms with E-state index in [-0.39, 0.29) is 0 Å². The highest BCUT2D eigenvalue weighted by Crippen LogP contribution is 1.98. The van der Waals surface area contributed by atoms with Gasteiger partial charge in [0.05, 0.1) is 0 Å². The number of hydrogen-bond acceptors (Lipinski definition) is 5. The van der Waals surface area contributed by atoms with Gasteiger partial charge in [0.15, 0.2) is 0 Å². The molecule has 1 rings (SSSR count). The van der Waals surface area contributed by atoms with Gasteiger partial charge in [-0.1, -0.05) is 6.58 Å². The molecule has 12 heavy (non-hydrogen) atoms. The van der Waals surface area contributed by atoms with Crippen LogP contribution in [0, 0.1) is 0 Å². The number of aliphatic imine (C=N–C) groups is 1. The van der Waals surface area contributed by atoms with Crippen molar-refractivity contribution in [1.29, 1.82) is 0 Å². The molecule has 0 fully saturated rings. The van der Waals surface area contributed by atoms with Gasteiger partial charge in [0, 0.05) is 7.05 Å². The number of hydrogen-bond donors (Lipinski definition) is 4. The molecule has 0 saturated heterocycles. The normalized spacial score (nSPS) is 16.2. The molecule has 1 aliphatic heterocycles. The van der Waals surface area contributed by atoms with Crippen LogP contribution in [0.3, 0.4) is 0 Å². The summed E-state index contributed by atoms with van der Waals surface area (Å²) in [6.45, 7) is 4.06. The lowest BCUT2D eigenvalue weighted by atomic mass is 10.3. The summed E-state index contributed by atoms with van der Waals surface area (Å²) in [6.07, 6.45) is 1.56. The van der Waals surface area contributed by atoms with Gasteiger partial charge in [-0.15, -0.1) is 0 Å². The molecule has 0 aromatic carbocycles. The second kappa shape index (κ2) is 3.66. The van der Waals surface area contributed by atoms with Crippen molar-refractivity contribution in [3.8, 4) is 0 Å². The summed E-state index contributed by atoms with van der Waals surface area (Å²) in [7, 11) is 1.78. The van der Waals surface area contributed by atoms with E-state index in [0.29, 0.717) is 18.2 Å². The maximum atomic E-state index is 5.73. The Bertz CT molecular complexity index is 240. The summed E-state index contributed by atoms with van der Waals surface area (Å²) in [5, 5.41) is 8.76. The van der Waals surface area contributed by atoms with Crippen LogP contribution in [0.1, 0.15) is 0 Å². The maximum absolute atomic E-state index is 5.73. The van der Waals surface area contributed by atoms with Gasteiger partial charge in [-0.3, -0.25) is 0 Å². The highest BCUT2D eigenvalue weighted by molar-refractivity contribution is 5.98. The predicted molar refractivity (Wildman–Crippen MR) is 49.0 cm³/mol. The fourth-order valence-corrected chi connectivity index (χ4v) is 0.941. The molecule has 0 spiro atoms. The molecule has 0 unspecified atom stereocenters. The van der Waals surface area contributed by atoms with E-state index in [1.165, 1.54) is 0 Å². The van der Waals surface area contributed by atoms with E-state index in [2.05, 4.69) is 27.5 Å². The third kappa shape index (κ3) is 1.50. The van der Waals surface area contributed by atoms with Crippen molar-refractivity contribution >= 4 is 5.84 Å². The van der Waals surface area contributed by atoms with Crippen LogP contribution in [0.4, 0.5) is 0 Å². The van der Waals surface area contributed by atoms with Crippen LogP contribution in [0.2, 0.25) is 0 Å². The topological polar surface area (TPSA) is 74.5 Å². The molecule has 0 amide bonds. The highest BCUT2D eigenvalue weighted by Gasteiger charge is 2.11. The van der Waals surface area contributed by atoms with Crippen LogP contribution in [0.25, 0.3) is 0 Å². The molecule has 0 aromatic heterocycles. The Morgan fingerprint density at radius 2 is 2.50 bits per heavy atom. The van der Waals surface area contributed by atoms with Crippen molar-refractivity contribution < 1.29 is 0 Å². The average Bonchev–Trinajstić information content (AvgIpc) is 2.09. The molecule has 0 radical (unpaired) electrons. The van der Waals surface area contributed by atoms with E-state index in [4.69, 9.17) is 5.73 Å². The molecule has 0 saturated carbocycles. The smallest absolute Gasteiger partial charge is 0.149 e. The van der Waals surface area contributed by atoms with Gasteiger partial charge >= 0.3 is 0 Å². The standard InChI is InChI=1S/C7H13N5/c1-3-10-7-5(8)6(9-2)11-4-12-7/h3,10,12H,1,4,8H2,2H3,(H,9,11). The maximum Gasteiger partial charge on any atom is 0.149 e. The molecule has 5 heteroatoms. The summed E-state index contributed by atoms with van der Waals surface area (Å²) in [5.41, 5.74) is 6.31. The molecule has 0 aliphatic carbocycles. The van der Waals surface area contributed by atoms with E-state index < -0.39 is 0 Å². The molecule has 0 atom stereocenters. The molecule has 1 aliphatic rings. The fourth-order valence-electron chi connectivity index (χ4n) is 0.941. The zero-order chi connectivity index (χ0) is 8.97. The Hall–Kier alpha value is -1.65. The summed E-state index contributed by atoms with van der Waals surface area (Å²) in [5.74, 6) is 1.43. The Morgan fingerprint density at radius 1 is 1.75 bits per heavy atom. The lowest BCUT2D eigenvalue weighted by molar-refractivity contribution is 0.735. The van der Waals surface area contributed by atoms with E-state index >= 15 is 0 Å². The predicted octanol–water partition coefficient (Wildman–Crippen LogP) is -0.974. The molecule has 5 N–H and O–H groups in total. The number of nitrogens with zero attached hydrogens (tertiary/aromatic N) is 1. The zero-order valence-electron chi connectivity index (χ0n) is 7.02. The van der Waals surface area contributed by atoms with Gasteiger partial charge in [-0.2, -0.15) is 0 Å².